The molecule has 0 atom stereocenters. The van der Waals surface area contributed by atoms with E-state index in [2.05, 4.69) is 26.1 Å². The van der Waals surface area contributed by atoms with Crippen LogP contribution in [0.25, 0.3) is 11.1 Å². The summed E-state index contributed by atoms with van der Waals surface area (Å²) in [7, 11) is 0. The van der Waals surface area contributed by atoms with Crippen molar-refractivity contribution >= 4 is 21.9 Å². The first-order valence-electron chi connectivity index (χ1n) is 5.17. The summed E-state index contributed by atoms with van der Waals surface area (Å²) in [5.74, 6) is -0.806. The van der Waals surface area contributed by atoms with Crippen molar-refractivity contribution in [1.82, 2.24) is 10.2 Å². The van der Waals surface area contributed by atoms with Gasteiger partial charge in [0.05, 0.1) is 12.6 Å². The third-order valence-electron chi connectivity index (χ3n) is 2.44. The molecule has 17 heavy (non-hydrogen) atoms. The first-order valence-corrected chi connectivity index (χ1v) is 5.96. The SMILES string of the molecule is O=C(O)CCc1[nH]ncc1-c1cccc(Br)c1. The Balaban J connectivity index is 2.27. The maximum absolute atomic E-state index is 10.6. The van der Waals surface area contributed by atoms with Gasteiger partial charge in [-0.15, -0.1) is 0 Å². The molecule has 2 aromatic rings. The van der Waals surface area contributed by atoms with Crippen LogP contribution < -0.4 is 0 Å². The maximum atomic E-state index is 10.6. The van der Waals surface area contributed by atoms with Gasteiger partial charge in [0.15, 0.2) is 0 Å². The smallest absolute Gasteiger partial charge is 0.303 e. The fraction of sp³-hybridized carbons (Fsp3) is 0.167. The molecule has 1 heterocycles. The number of carboxylic acid groups (broad SMARTS) is 1. The minimum absolute atomic E-state index is 0.100. The van der Waals surface area contributed by atoms with E-state index >= 15 is 0 Å². The van der Waals surface area contributed by atoms with Gasteiger partial charge in [-0.05, 0) is 17.7 Å². The van der Waals surface area contributed by atoms with Crippen LogP contribution in [-0.4, -0.2) is 21.3 Å². The highest BCUT2D eigenvalue weighted by Crippen LogP contribution is 2.25. The van der Waals surface area contributed by atoms with Crippen molar-refractivity contribution in [2.45, 2.75) is 12.8 Å². The quantitative estimate of drug-likeness (QED) is 0.911. The normalized spacial score (nSPS) is 10.4. The number of carboxylic acids is 1. The summed E-state index contributed by atoms with van der Waals surface area (Å²) in [5, 5.41) is 15.5. The van der Waals surface area contributed by atoms with Gasteiger partial charge in [-0.3, -0.25) is 9.89 Å². The monoisotopic (exact) mass is 294 g/mol. The zero-order valence-corrected chi connectivity index (χ0v) is 10.6. The summed E-state index contributed by atoms with van der Waals surface area (Å²) >= 11 is 3.41. The molecule has 0 unspecified atom stereocenters. The van der Waals surface area contributed by atoms with Crippen LogP contribution in [0, 0.1) is 0 Å². The summed E-state index contributed by atoms with van der Waals surface area (Å²) in [6.07, 6.45) is 2.28. The fourth-order valence-electron chi connectivity index (χ4n) is 1.64. The minimum Gasteiger partial charge on any atom is -0.481 e. The number of aryl methyl sites for hydroxylation is 1. The first kappa shape index (κ1) is 11.9. The van der Waals surface area contributed by atoms with Crippen molar-refractivity contribution in [1.29, 1.82) is 0 Å². The number of aromatic nitrogens is 2. The molecule has 0 saturated heterocycles. The van der Waals surface area contributed by atoms with Gasteiger partial charge in [0.2, 0.25) is 0 Å². The highest BCUT2D eigenvalue weighted by molar-refractivity contribution is 9.10. The number of benzene rings is 1. The zero-order chi connectivity index (χ0) is 12.3. The van der Waals surface area contributed by atoms with Crippen LogP contribution in [0.4, 0.5) is 0 Å². The number of carbonyl (C=O) groups is 1. The van der Waals surface area contributed by atoms with Crippen LogP contribution in [0.1, 0.15) is 12.1 Å². The Morgan fingerprint density at radius 2 is 2.29 bits per heavy atom. The van der Waals surface area contributed by atoms with Crippen LogP contribution in [0.2, 0.25) is 0 Å². The molecule has 2 rings (SSSR count). The molecule has 0 bridgehead atoms. The Labute approximate surface area is 107 Å². The number of hydrogen-bond donors (Lipinski definition) is 2. The molecule has 0 spiro atoms. The van der Waals surface area contributed by atoms with E-state index in [1.165, 1.54) is 0 Å². The van der Waals surface area contributed by atoms with E-state index in [9.17, 15) is 4.79 Å². The van der Waals surface area contributed by atoms with Crippen molar-refractivity contribution in [3.05, 3.63) is 40.6 Å². The largest absolute Gasteiger partial charge is 0.481 e. The van der Waals surface area contributed by atoms with E-state index in [0.717, 1.165) is 21.3 Å². The molecule has 0 fully saturated rings. The van der Waals surface area contributed by atoms with Gasteiger partial charge in [-0.2, -0.15) is 5.10 Å². The zero-order valence-electron chi connectivity index (χ0n) is 8.98. The summed E-state index contributed by atoms with van der Waals surface area (Å²) in [5.41, 5.74) is 2.83. The standard InChI is InChI=1S/C12H11BrN2O2/c13-9-3-1-2-8(6-9)10-7-14-15-11(10)4-5-12(16)17/h1-3,6-7H,4-5H2,(H,14,15)(H,16,17). The topological polar surface area (TPSA) is 66.0 Å². The van der Waals surface area contributed by atoms with Crippen LogP contribution in [0.15, 0.2) is 34.9 Å². The number of aliphatic carboxylic acids is 1. The van der Waals surface area contributed by atoms with Crippen LogP contribution >= 0.6 is 15.9 Å². The molecule has 1 aromatic heterocycles. The number of hydrogen-bond acceptors (Lipinski definition) is 2. The van der Waals surface area contributed by atoms with Gasteiger partial charge in [0.25, 0.3) is 0 Å². The summed E-state index contributed by atoms with van der Waals surface area (Å²) < 4.78 is 0.986. The molecule has 0 aliphatic heterocycles. The average molecular weight is 295 g/mol. The van der Waals surface area contributed by atoms with Gasteiger partial charge in [0, 0.05) is 22.2 Å². The van der Waals surface area contributed by atoms with Crippen molar-refractivity contribution in [3.63, 3.8) is 0 Å². The predicted octanol–water partition coefficient (Wildman–Crippen LogP) is 2.86. The molecule has 2 N–H and O–H groups in total. The summed E-state index contributed by atoms with van der Waals surface area (Å²) in [4.78, 5) is 10.6. The highest BCUT2D eigenvalue weighted by atomic mass is 79.9. The molecule has 4 nitrogen and oxygen atoms in total. The van der Waals surface area contributed by atoms with Crippen LogP contribution in [0.3, 0.4) is 0 Å². The lowest BCUT2D eigenvalue weighted by Crippen LogP contribution is -1.98. The Kier molecular flexibility index (Phi) is 3.58. The molecule has 1 aromatic carbocycles. The second-order valence-corrected chi connectivity index (χ2v) is 4.58. The Morgan fingerprint density at radius 1 is 1.47 bits per heavy atom. The first-order chi connectivity index (χ1) is 8.16. The molecule has 5 heteroatoms. The second kappa shape index (κ2) is 5.14. The van der Waals surface area contributed by atoms with Crippen molar-refractivity contribution < 1.29 is 9.90 Å². The second-order valence-electron chi connectivity index (χ2n) is 3.67. The van der Waals surface area contributed by atoms with Crippen molar-refractivity contribution in [3.8, 4) is 11.1 Å². The Morgan fingerprint density at radius 3 is 3.00 bits per heavy atom. The highest BCUT2D eigenvalue weighted by Gasteiger charge is 2.09. The lowest BCUT2D eigenvalue weighted by atomic mass is 10.0. The van der Waals surface area contributed by atoms with Gasteiger partial charge in [-0.1, -0.05) is 28.1 Å². The molecule has 0 aliphatic rings. The number of halogens is 1. The third-order valence-corrected chi connectivity index (χ3v) is 2.94. The van der Waals surface area contributed by atoms with Crippen molar-refractivity contribution in [2.24, 2.45) is 0 Å². The molecule has 0 radical (unpaired) electrons. The fourth-order valence-corrected chi connectivity index (χ4v) is 2.04. The lowest BCUT2D eigenvalue weighted by molar-refractivity contribution is -0.136. The van der Waals surface area contributed by atoms with Crippen LogP contribution in [-0.2, 0) is 11.2 Å². The Bertz CT molecular complexity index is 537. The van der Waals surface area contributed by atoms with E-state index < -0.39 is 5.97 Å². The lowest BCUT2D eigenvalue weighted by Gasteiger charge is -2.02. The van der Waals surface area contributed by atoms with E-state index in [1.807, 2.05) is 24.3 Å². The molecule has 0 amide bonds. The molecule has 88 valence electrons. The molecule has 0 aliphatic carbocycles. The van der Waals surface area contributed by atoms with Gasteiger partial charge < -0.3 is 5.11 Å². The van der Waals surface area contributed by atoms with Gasteiger partial charge >= 0.3 is 5.97 Å². The molecular weight excluding hydrogens is 284 g/mol. The number of nitrogens with zero attached hydrogens (tertiary/aromatic N) is 1. The minimum atomic E-state index is -0.806. The van der Waals surface area contributed by atoms with Crippen LogP contribution in [0.5, 0.6) is 0 Å². The molecule has 0 saturated carbocycles. The molecular formula is C12H11BrN2O2. The van der Waals surface area contributed by atoms with E-state index in [0.29, 0.717) is 6.42 Å². The third kappa shape index (κ3) is 2.94. The number of H-pyrrole nitrogens is 1. The number of aromatic amines is 1. The number of rotatable bonds is 4. The Hall–Kier alpha value is -1.62. The summed E-state index contributed by atoms with van der Waals surface area (Å²) in [6.45, 7) is 0. The van der Waals surface area contributed by atoms with Gasteiger partial charge in [-0.25, -0.2) is 0 Å². The maximum Gasteiger partial charge on any atom is 0.303 e. The van der Waals surface area contributed by atoms with Gasteiger partial charge in [0.1, 0.15) is 0 Å². The van der Waals surface area contributed by atoms with Crippen molar-refractivity contribution in [2.75, 3.05) is 0 Å². The van der Waals surface area contributed by atoms with E-state index in [-0.39, 0.29) is 6.42 Å². The van der Waals surface area contributed by atoms with E-state index in [1.54, 1.807) is 6.20 Å². The average Bonchev–Trinajstić information content (AvgIpc) is 2.74. The number of nitrogens with one attached hydrogen (secondary N) is 1. The predicted molar refractivity (Wildman–Crippen MR) is 67.7 cm³/mol. The summed E-state index contributed by atoms with van der Waals surface area (Å²) in [6, 6.07) is 7.84. The van der Waals surface area contributed by atoms with E-state index in [4.69, 9.17) is 5.11 Å².